The van der Waals surface area contributed by atoms with Gasteiger partial charge in [0.15, 0.2) is 17.5 Å². The monoisotopic (exact) mass is 214 g/mol. The van der Waals surface area contributed by atoms with E-state index in [0.29, 0.717) is 0 Å². The number of alkyl halides is 3. The van der Waals surface area contributed by atoms with Gasteiger partial charge in [0.2, 0.25) is 0 Å². The summed E-state index contributed by atoms with van der Waals surface area (Å²) in [6, 6.07) is -0.0618. The fraction of sp³-hybridized carbons (Fsp3) is 0.250. The van der Waals surface area contributed by atoms with Crippen LogP contribution in [0, 0.1) is 24.4 Å². The minimum Gasteiger partial charge on any atom is -0.204 e. The minimum absolute atomic E-state index is 0.0618. The lowest BCUT2D eigenvalue weighted by molar-refractivity contribution is -0.138. The third-order valence-electron chi connectivity index (χ3n) is 1.71. The maximum Gasteiger partial charge on any atom is 0.416 e. The maximum absolute atomic E-state index is 12.7. The van der Waals surface area contributed by atoms with Gasteiger partial charge in [-0.05, 0) is 13.0 Å². The topological polar surface area (TPSA) is 0 Å². The summed E-state index contributed by atoms with van der Waals surface area (Å²) in [5, 5.41) is 0. The second kappa shape index (κ2) is 3.18. The highest BCUT2D eigenvalue weighted by Gasteiger charge is 2.35. The summed E-state index contributed by atoms with van der Waals surface area (Å²) >= 11 is 0. The van der Waals surface area contributed by atoms with Crippen molar-refractivity contribution in [1.29, 1.82) is 0 Å². The number of benzene rings is 1. The van der Waals surface area contributed by atoms with Crippen molar-refractivity contribution in [1.82, 2.24) is 0 Å². The van der Waals surface area contributed by atoms with Crippen molar-refractivity contribution < 1.29 is 26.3 Å². The van der Waals surface area contributed by atoms with E-state index < -0.39 is 34.8 Å². The van der Waals surface area contributed by atoms with Gasteiger partial charge >= 0.3 is 6.18 Å². The molecule has 1 rings (SSSR count). The van der Waals surface area contributed by atoms with E-state index in [2.05, 4.69) is 0 Å². The zero-order valence-electron chi connectivity index (χ0n) is 6.85. The molecule has 6 heteroatoms. The molecule has 0 amide bonds. The Morgan fingerprint density at radius 2 is 1.50 bits per heavy atom. The highest BCUT2D eigenvalue weighted by molar-refractivity contribution is 5.31. The second-order valence-electron chi connectivity index (χ2n) is 2.66. The van der Waals surface area contributed by atoms with Crippen molar-refractivity contribution in [2.24, 2.45) is 0 Å². The molecule has 0 N–H and O–H groups in total. The van der Waals surface area contributed by atoms with Crippen molar-refractivity contribution in [2.75, 3.05) is 0 Å². The van der Waals surface area contributed by atoms with Crippen LogP contribution in [0.25, 0.3) is 0 Å². The Balaban J connectivity index is 3.49. The van der Waals surface area contributed by atoms with Gasteiger partial charge in [0.05, 0.1) is 5.56 Å². The van der Waals surface area contributed by atoms with E-state index in [-0.39, 0.29) is 6.07 Å². The molecule has 0 saturated heterocycles. The Bertz CT molecular complexity index is 365. The normalized spacial score (nSPS) is 11.9. The molecule has 0 atom stereocenters. The van der Waals surface area contributed by atoms with Gasteiger partial charge in [0, 0.05) is 5.56 Å². The smallest absolute Gasteiger partial charge is 0.204 e. The molecule has 0 saturated carbocycles. The quantitative estimate of drug-likeness (QED) is 0.458. The van der Waals surface area contributed by atoms with Crippen LogP contribution < -0.4 is 0 Å². The van der Waals surface area contributed by atoms with Gasteiger partial charge in [-0.15, -0.1) is 0 Å². The van der Waals surface area contributed by atoms with E-state index in [1.165, 1.54) is 0 Å². The molecule has 0 aliphatic heterocycles. The molecular formula is C8H4F6. The van der Waals surface area contributed by atoms with Crippen LogP contribution in [0.1, 0.15) is 11.1 Å². The standard InChI is InChI=1S/C8H4F6/c1-3-4(8(12,13)14)2-5(9)7(11)6(3)10/h2H,1H3. The summed E-state index contributed by atoms with van der Waals surface area (Å²) in [4.78, 5) is 0. The number of hydrogen-bond donors (Lipinski definition) is 0. The van der Waals surface area contributed by atoms with Crippen molar-refractivity contribution in [3.8, 4) is 0 Å². The Labute approximate surface area is 75.2 Å². The van der Waals surface area contributed by atoms with Gasteiger partial charge in [0.1, 0.15) is 0 Å². The fourth-order valence-corrected chi connectivity index (χ4v) is 0.980. The lowest BCUT2D eigenvalue weighted by Gasteiger charge is -2.11. The van der Waals surface area contributed by atoms with Crippen molar-refractivity contribution in [3.63, 3.8) is 0 Å². The average molecular weight is 214 g/mol. The van der Waals surface area contributed by atoms with Crippen LogP contribution in [0.3, 0.4) is 0 Å². The Morgan fingerprint density at radius 1 is 1.00 bits per heavy atom. The molecule has 1 aromatic carbocycles. The molecule has 0 fully saturated rings. The van der Waals surface area contributed by atoms with Gasteiger partial charge in [-0.3, -0.25) is 0 Å². The second-order valence-corrected chi connectivity index (χ2v) is 2.66. The Morgan fingerprint density at radius 3 is 1.93 bits per heavy atom. The SMILES string of the molecule is Cc1c(C(F)(F)F)cc(F)c(F)c1F. The first-order chi connectivity index (χ1) is 6.25. The summed E-state index contributed by atoms with van der Waals surface area (Å²) in [5.41, 5.74) is -2.45. The van der Waals surface area contributed by atoms with Crippen LogP contribution in [-0.4, -0.2) is 0 Å². The molecule has 78 valence electrons. The first-order valence-electron chi connectivity index (χ1n) is 3.46. The van der Waals surface area contributed by atoms with Crippen LogP contribution in [0.4, 0.5) is 26.3 Å². The summed E-state index contributed by atoms with van der Waals surface area (Å²) in [7, 11) is 0. The van der Waals surface area contributed by atoms with Crippen LogP contribution in [-0.2, 0) is 6.18 Å². The molecule has 1 aromatic rings. The van der Waals surface area contributed by atoms with Gasteiger partial charge in [-0.25, -0.2) is 13.2 Å². The summed E-state index contributed by atoms with van der Waals surface area (Å²) in [6.07, 6.45) is -4.89. The largest absolute Gasteiger partial charge is 0.416 e. The predicted octanol–water partition coefficient (Wildman–Crippen LogP) is 3.43. The highest BCUT2D eigenvalue weighted by atomic mass is 19.4. The Kier molecular flexibility index (Phi) is 2.47. The summed E-state index contributed by atoms with van der Waals surface area (Å²) in [6.45, 7) is 0.737. The van der Waals surface area contributed by atoms with Gasteiger partial charge < -0.3 is 0 Å². The molecule has 0 aliphatic rings. The van der Waals surface area contributed by atoms with Crippen molar-refractivity contribution in [3.05, 3.63) is 34.6 Å². The van der Waals surface area contributed by atoms with Crippen LogP contribution in [0.2, 0.25) is 0 Å². The maximum atomic E-state index is 12.7. The van der Waals surface area contributed by atoms with E-state index in [4.69, 9.17) is 0 Å². The number of halogens is 6. The summed E-state index contributed by atoms with van der Waals surface area (Å²) < 4.78 is 73.8. The third kappa shape index (κ3) is 1.69. The molecule has 0 heterocycles. The Hall–Kier alpha value is -1.20. The predicted molar refractivity (Wildman–Crippen MR) is 36.1 cm³/mol. The van der Waals surface area contributed by atoms with Crippen LogP contribution in [0.15, 0.2) is 6.07 Å². The molecule has 0 unspecified atom stereocenters. The molecular weight excluding hydrogens is 210 g/mol. The van der Waals surface area contributed by atoms with E-state index in [0.717, 1.165) is 6.92 Å². The minimum atomic E-state index is -4.89. The zero-order valence-corrected chi connectivity index (χ0v) is 6.85. The van der Waals surface area contributed by atoms with E-state index >= 15 is 0 Å². The zero-order chi connectivity index (χ0) is 11.1. The van der Waals surface area contributed by atoms with E-state index in [9.17, 15) is 26.3 Å². The average Bonchev–Trinajstić information content (AvgIpc) is 2.06. The first kappa shape index (κ1) is 10.9. The molecule has 0 radical (unpaired) electrons. The van der Waals surface area contributed by atoms with Gasteiger partial charge in [-0.2, -0.15) is 13.2 Å². The lowest BCUT2D eigenvalue weighted by Crippen LogP contribution is -2.11. The van der Waals surface area contributed by atoms with Crippen LogP contribution in [0.5, 0.6) is 0 Å². The molecule has 0 bridgehead atoms. The lowest BCUT2D eigenvalue weighted by atomic mass is 10.1. The van der Waals surface area contributed by atoms with Crippen molar-refractivity contribution in [2.45, 2.75) is 13.1 Å². The highest BCUT2D eigenvalue weighted by Crippen LogP contribution is 2.34. The van der Waals surface area contributed by atoms with Gasteiger partial charge in [-0.1, -0.05) is 0 Å². The molecule has 0 aliphatic carbocycles. The number of rotatable bonds is 0. The number of hydrogen-bond acceptors (Lipinski definition) is 0. The van der Waals surface area contributed by atoms with E-state index in [1.807, 2.05) is 0 Å². The van der Waals surface area contributed by atoms with E-state index in [1.54, 1.807) is 0 Å². The molecule has 14 heavy (non-hydrogen) atoms. The first-order valence-corrected chi connectivity index (χ1v) is 3.46. The third-order valence-corrected chi connectivity index (χ3v) is 1.71. The summed E-state index contributed by atoms with van der Waals surface area (Å²) in [5.74, 6) is -5.55. The van der Waals surface area contributed by atoms with Crippen molar-refractivity contribution >= 4 is 0 Å². The molecule has 0 nitrogen and oxygen atoms in total. The molecule has 0 aromatic heterocycles. The fourth-order valence-electron chi connectivity index (χ4n) is 0.980. The molecule has 0 spiro atoms. The van der Waals surface area contributed by atoms with Crippen LogP contribution >= 0.6 is 0 Å². The van der Waals surface area contributed by atoms with Gasteiger partial charge in [0.25, 0.3) is 0 Å².